The van der Waals surface area contributed by atoms with Crippen LogP contribution in [0.15, 0.2) is 72.9 Å². The van der Waals surface area contributed by atoms with Crippen LogP contribution in [0.1, 0.15) is 36.8 Å². The molecule has 3 aromatic carbocycles. The molecule has 0 fully saturated rings. The minimum Gasteiger partial charge on any atom is -0.383 e. The van der Waals surface area contributed by atoms with Crippen LogP contribution in [-0.4, -0.2) is 25.7 Å². The molecule has 0 aliphatic heterocycles. The summed E-state index contributed by atoms with van der Waals surface area (Å²) < 4.78 is 17.0. The quantitative estimate of drug-likeness (QED) is 0.268. The van der Waals surface area contributed by atoms with Crippen LogP contribution in [-0.2, 0) is 18.3 Å². The number of nitrogens with one attached hydrogen (secondary N) is 2. The van der Waals surface area contributed by atoms with Gasteiger partial charge in [-0.25, -0.2) is 14.4 Å². The van der Waals surface area contributed by atoms with E-state index in [1.807, 2.05) is 55.5 Å². The maximum Gasteiger partial charge on any atom is 0.221 e. The molecule has 192 valence electrons. The molecular weight excluding hydrogens is 481 g/mol. The third-order valence-corrected chi connectivity index (χ3v) is 6.38. The molecule has 5 aromatic rings. The number of carbonyl (C=O) groups is 1. The van der Waals surface area contributed by atoms with Crippen molar-refractivity contribution in [3.63, 3.8) is 0 Å². The maximum atomic E-state index is 15.3. The van der Waals surface area contributed by atoms with Crippen LogP contribution in [0, 0.1) is 5.82 Å². The van der Waals surface area contributed by atoms with Crippen LogP contribution in [0.4, 0.5) is 21.6 Å². The van der Waals surface area contributed by atoms with Crippen molar-refractivity contribution in [1.29, 1.82) is 0 Å². The van der Waals surface area contributed by atoms with Crippen molar-refractivity contribution >= 4 is 33.9 Å². The van der Waals surface area contributed by atoms with Crippen LogP contribution in [0.25, 0.3) is 22.2 Å². The Morgan fingerprint density at radius 3 is 2.71 bits per heavy atom. The van der Waals surface area contributed by atoms with Gasteiger partial charge in [0, 0.05) is 48.1 Å². The number of nitrogen functional groups attached to an aromatic ring is 1. The summed E-state index contributed by atoms with van der Waals surface area (Å²) in [4.78, 5) is 20.5. The molecule has 0 aliphatic carbocycles. The molecular formula is C29H28FN7O. The van der Waals surface area contributed by atoms with Crippen molar-refractivity contribution in [3.05, 3.63) is 95.7 Å². The zero-order valence-corrected chi connectivity index (χ0v) is 21.4. The number of fused-ring (bicyclic) bond motifs is 1. The average molecular weight is 510 g/mol. The van der Waals surface area contributed by atoms with E-state index in [1.165, 1.54) is 13.0 Å². The van der Waals surface area contributed by atoms with E-state index in [0.717, 1.165) is 34.0 Å². The number of amides is 1. The Labute approximate surface area is 219 Å². The number of nitrogens with zero attached hydrogens (tertiary/aromatic N) is 4. The maximum absolute atomic E-state index is 15.3. The highest BCUT2D eigenvalue weighted by Crippen LogP contribution is 2.32. The predicted molar refractivity (Wildman–Crippen MR) is 148 cm³/mol. The summed E-state index contributed by atoms with van der Waals surface area (Å²) in [5, 5.41) is 12.6. The van der Waals surface area contributed by atoms with Crippen LogP contribution in [0.5, 0.6) is 0 Å². The Bertz CT molecular complexity index is 1650. The predicted octanol–water partition coefficient (Wildman–Crippen LogP) is 5.47. The van der Waals surface area contributed by atoms with Gasteiger partial charge in [0.1, 0.15) is 17.7 Å². The van der Waals surface area contributed by atoms with E-state index in [0.29, 0.717) is 28.7 Å². The molecule has 38 heavy (non-hydrogen) atoms. The molecule has 1 amide bonds. The van der Waals surface area contributed by atoms with E-state index in [4.69, 9.17) is 10.7 Å². The highest BCUT2D eigenvalue weighted by molar-refractivity contribution is 5.93. The van der Waals surface area contributed by atoms with Gasteiger partial charge in [-0.3, -0.25) is 9.48 Å². The van der Waals surface area contributed by atoms with Crippen molar-refractivity contribution in [1.82, 2.24) is 19.7 Å². The molecule has 8 nitrogen and oxygen atoms in total. The van der Waals surface area contributed by atoms with E-state index in [2.05, 4.69) is 20.7 Å². The van der Waals surface area contributed by atoms with Crippen molar-refractivity contribution in [2.24, 2.45) is 7.05 Å². The van der Waals surface area contributed by atoms with E-state index in [-0.39, 0.29) is 11.7 Å². The molecule has 4 N–H and O–H groups in total. The number of hydrogen-bond acceptors (Lipinski definition) is 6. The molecule has 0 saturated carbocycles. The molecule has 0 radical (unpaired) electrons. The Morgan fingerprint density at radius 2 is 1.92 bits per heavy atom. The second-order valence-electron chi connectivity index (χ2n) is 9.10. The number of halogens is 1. The molecule has 0 bridgehead atoms. The summed E-state index contributed by atoms with van der Waals surface area (Å²) in [6.45, 7) is 3.49. The van der Waals surface area contributed by atoms with Crippen molar-refractivity contribution < 1.29 is 9.18 Å². The molecule has 2 heterocycles. The van der Waals surface area contributed by atoms with Gasteiger partial charge >= 0.3 is 0 Å². The van der Waals surface area contributed by atoms with Gasteiger partial charge in [-0.05, 0) is 59.8 Å². The number of anilines is 3. The topological polar surface area (TPSA) is 111 Å². The highest BCUT2D eigenvalue weighted by Gasteiger charge is 2.25. The molecule has 2 aromatic heterocycles. The Kier molecular flexibility index (Phi) is 6.74. The van der Waals surface area contributed by atoms with E-state index in [9.17, 15) is 4.79 Å². The average Bonchev–Trinajstić information content (AvgIpc) is 3.29. The van der Waals surface area contributed by atoms with Crippen molar-refractivity contribution in [2.45, 2.75) is 26.3 Å². The second kappa shape index (κ2) is 10.3. The Morgan fingerprint density at radius 1 is 1.08 bits per heavy atom. The normalized spacial score (nSPS) is 11.9. The standard InChI is InChI=1S/C29H28FN7O/c1-4-18-8-11-25(30)24(14-18)26(34-22-9-10-23-19(15-22)12-13-32-27(23)31)29-35-28(36-37(29)3)20-6-5-7-21(16-20)33-17(2)38/h5-16,26,34H,4H2,1-3H3,(H2,31,32)(H,33,38). The van der Waals surface area contributed by atoms with Gasteiger partial charge < -0.3 is 16.4 Å². The number of benzene rings is 3. The number of aryl methyl sites for hydroxylation is 2. The fraction of sp³-hybridized carbons (Fsp3) is 0.172. The lowest BCUT2D eigenvalue weighted by Gasteiger charge is -2.21. The van der Waals surface area contributed by atoms with Gasteiger partial charge in [-0.2, -0.15) is 5.10 Å². The summed E-state index contributed by atoms with van der Waals surface area (Å²) in [6.07, 6.45) is 2.43. The molecule has 0 saturated heterocycles. The fourth-order valence-corrected chi connectivity index (χ4v) is 4.48. The molecule has 0 aliphatic rings. The van der Waals surface area contributed by atoms with Crippen molar-refractivity contribution in [3.8, 4) is 11.4 Å². The lowest BCUT2D eigenvalue weighted by Crippen LogP contribution is -2.19. The molecule has 1 unspecified atom stereocenters. The fourth-order valence-electron chi connectivity index (χ4n) is 4.48. The molecule has 9 heteroatoms. The molecule has 5 rings (SSSR count). The number of pyridine rings is 1. The summed E-state index contributed by atoms with van der Waals surface area (Å²) in [5.74, 6) is 0.940. The van der Waals surface area contributed by atoms with Gasteiger partial charge in [0.15, 0.2) is 11.6 Å². The third kappa shape index (κ3) is 5.04. The first-order chi connectivity index (χ1) is 18.3. The highest BCUT2D eigenvalue weighted by atomic mass is 19.1. The molecule has 1 atom stereocenters. The summed E-state index contributed by atoms with van der Waals surface area (Å²) in [7, 11) is 1.78. The summed E-state index contributed by atoms with van der Waals surface area (Å²) in [5.41, 5.74) is 9.65. The number of rotatable bonds is 7. The second-order valence-corrected chi connectivity index (χ2v) is 9.10. The first-order valence-corrected chi connectivity index (χ1v) is 12.3. The number of nitrogens with two attached hydrogens (primary N) is 1. The van der Waals surface area contributed by atoms with Gasteiger partial charge in [-0.15, -0.1) is 0 Å². The van der Waals surface area contributed by atoms with Crippen LogP contribution >= 0.6 is 0 Å². The first kappa shape index (κ1) is 24.9. The monoisotopic (exact) mass is 509 g/mol. The number of hydrogen-bond donors (Lipinski definition) is 3. The summed E-state index contributed by atoms with van der Waals surface area (Å²) in [6, 6.07) is 19.4. The number of carbonyl (C=O) groups excluding carboxylic acids is 1. The van der Waals surface area contributed by atoms with Crippen LogP contribution < -0.4 is 16.4 Å². The van der Waals surface area contributed by atoms with Gasteiger partial charge in [0.2, 0.25) is 5.91 Å². The van der Waals surface area contributed by atoms with Gasteiger partial charge in [0.25, 0.3) is 0 Å². The minimum absolute atomic E-state index is 0.166. The lowest BCUT2D eigenvalue weighted by atomic mass is 10.0. The SMILES string of the molecule is CCc1ccc(F)c(C(Nc2ccc3c(N)nccc3c2)c2nc(-c3cccc(NC(C)=O)c3)nn2C)c1. The Balaban J connectivity index is 1.60. The largest absolute Gasteiger partial charge is 0.383 e. The zero-order chi connectivity index (χ0) is 26.8. The first-order valence-electron chi connectivity index (χ1n) is 12.3. The van der Waals surface area contributed by atoms with Crippen molar-refractivity contribution in [2.75, 3.05) is 16.4 Å². The van der Waals surface area contributed by atoms with Gasteiger partial charge in [0.05, 0.1) is 0 Å². The van der Waals surface area contributed by atoms with Crippen LogP contribution in [0.2, 0.25) is 0 Å². The Hall–Kier alpha value is -4.79. The lowest BCUT2D eigenvalue weighted by molar-refractivity contribution is -0.114. The van der Waals surface area contributed by atoms with E-state index >= 15 is 4.39 Å². The smallest absolute Gasteiger partial charge is 0.221 e. The van der Waals surface area contributed by atoms with Crippen LogP contribution in [0.3, 0.4) is 0 Å². The molecule has 0 spiro atoms. The van der Waals surface area contributed by atoms with E-state index < -0.39 is 6.04 Å². The third-order valence-electron chi connectivity index (χ3n) is 6.38. The van der Waals surface area contributed by atoms with E-state index in [1.54, 1.807) is 30.1 Å². The number of aromatic nitrogens is 4. The summed E-state index contributed by atoms with van der Waals surface area (Å²) >= 11 is 0. The van der Waals surface area contributed by atoms with Gasteiger partial charge in [-0.1, -0.05) is 31.2 Å². The minimum atomic E-state index is -0.636. The zero-order valence-electron chi connectivity index (χ0n) is 21.4.